The Bertz CT molecular complexity index is 506. The molecule has 0 amide bonds. The molecule has 1 aromatic carbocycles. The Morgan fingerprint density at radius 2 is 1.86 bits per heavy atom. The van der Waals surface area contributed by atoms with E-state index in [1.54, 1.807) is 0 Å². The highest BCUT2D eigenvalue weighted by molar-refractivity contribution is 5.36. The number of hydrogen-bond acceptors (Lipinski definition) is 2. The van der Waals surface area contributed by atoms with Gasteiger partial charge in [-0.1, -0.05) is 24.6 Å². The van der Waals surface area contributed by atoms with Crippen LogP contribution in [0.3, 0.4) is 0 Å². The maximum Gasteiger partial charge on any atom is 0.122 e. The zero-order valence-corrected chi connectivity index (χ0v) is 13.8. The SMILES string of the molecule is CCOc1ccccc1C1CCN([C@H]2C[C@H]3CC[C@H]2C3)CC1. The van der Waals surface area contributed by atoms with Crippen molar-refractivity contribution in [1.29, 1.82) is 0 Å². The van der Waals surface area contributed by atoms with E-state index in [-0.39, 0.29) is 0 Å². The van der Waals surface area contributed by atoms with Crippen molar-refractivity contribution in [2.75, 3.05) is 19.7 Å². The van der Waals surface area contributed by atoms with Crippen molar-refractivity contribution in [2.45, 2.75) is 57.4 Å². The van der Waals surface area contributed by atoms with Gasteiger partial charge in [0, 0.05) is 6.04 Å². The molecule has 0 N–H and O–H groups in total. The summed E-state index contributed by atoms with van der Waals surface area (Å²) in [7, 11) is 0. The number of nitrogens with zero attached hydrogens (tertiary/aromatic N) is 1. The molecule has 0 unspecified atom stereocenters. The largest absolute Gasteiger partial charge is 0.494 e. The topological polar surface area (TPSA) is 12.5 Å². The van der Waals surface area contributed by atoms with Crippen LogP contribution in [-0.4, -0.2) is 30.6 Å². The first-order chi connectivity index (χ1) is 10.8. The van der Waals surface area contributed by atoms with E-state index in [2.05, 4.69) is 36.1 Å². The number of piperidine rings is 1. The molecule has 0 aromatic heterocycles. The van der Waals surface area contributed by atoms with Crippen molar-refractivity contribution in [3.05, 3.63) is 29.8 Å². The maximum absolute atomic E-state index is 5.84. The van der Waals surface area contributed by atoms with E-state index < -0.39 is 0 Å². The van der Waals surface area contributed by atoms with Crippen LogP contribution in [0.15, 0.2) is 24.3 Å². The molecule has 2 heteroatoms. The highest BCUT2D eigenvalue weighted by Crippen LogP contribution is 2.47. The standard InChI is InChI=1S/C20H29NO/c1-2-22-20-6-4-3-5-18(20)16-9-11-21(12-10-16)19-14-15-7-8-17(19)13-15/h3-6,15-17,19H,2,7-14H2,1H3/t15-,17-,19-/m0/s1. The van der Waals surface area contributed by atoms with E-state index in [4.69, 9.17) is 4.74 Å². The molecule has 2 saturated carbocycles. The van der Waals surface area contributed by atoms with Crippen LogP contribution in [0.4, 0.5) is 0 Å². The molecule has 0 radical (unpaired) electrons. The third-order valence-electron chi connectivity index (χ3n) is 6.36. The molecular formula is C20H29NO. The van der Waals surface area contributed by atoms with Crippen molar-refractivity contribution in [1.82, 2.24) is 4.90 Å². The minimum Gasteiger partial charge on any atom is -0.494 e. The molecule has 120 valence electrons. The molecule has 3 aliphatic rings. The van der Waals surface area contributed by atoms with Crippen molar-refractivity contribution < 1.29 is 4.74 Å². The smallest absolute Gasteiger partial charge is 0.122 e. The van der Waals surface area contributed by atoms with Crippen molar-refractivity contribution in [3.63, 3.8) is 0 Å². The molecule has 2 nitrogen and oxygen atoms in total. The Balaban J connectivity index is 1.40. The summed E-state index contributed by atoms with van der Waals surface area (Å²) in [6, 6.07) is 9.60. The van der Waals surface area contributed by atoms with Gasteiger partial charge in [-0.15, -0.1) is 0 Å². The number of para-hydroxylation sites is 1. The first-order valence-corrected chi connectivity index (χ1v) is 9.31. The van der Waals surface area contributed by atoms with Gasteiger partial charge in [0.1, 0.15) is 5.75 Å². The van der Waals surface area contributed by atoms with Gasteiger partial charge in [-0.25, -0.2) is 0 Å². The van der Waals surface area contributed by atoms with Gasteiger partial charge < -0.3 is 9.64 Å². The second-order valence-electron chi connectivity index (χ2n) is 7.52. The average molecular weight is 299 g/mol. The molecule has 3 atom stereocenters. The van der Waals surface area contributed by atoms with Crippen LogP contribution in [0, 0.1) is 11.8 Å². The van der Waals surface area contributed by atoms with Gasteiger partial charge in [-0.3, -0.25) is 0 Å². The van der Waals surface area contributed by atoms with E-state index in [1.165, 1.54) is 57.2 Å². The number of ether oxygens (including phenoxy) is 1. The van der Waals surface area contributed by atoms with E-state index >= 15 is 0 Å². The second-order valence-corrected chi connectivity index (χ2v) is 7.52. The van der Waals surface area contributed by atoms with Crippen LogP contribution in [0.5, 0.6) is 5.75 Å². The minimum absolute atomic E-state index is 0.692. The van der Waals surface area contributed by atoms with Crippen LogP contribution in [-0.2, 0) is 0 Å². The van der Waals surface area contributed by atoms with Crippen molar-refractivity contribution >= 4 is 0 Å². The Morgan fingerprint density at radius 1 is 1.05 bits per heavy atom. The number of fused-ring (bicyclic) bond motifs is 2. The van der Waals surface area contributed by atoms with Crippen LogP contribution in [0.2, 0.25) is 0 Å². The summed E-state index contributed by atoms with van der Waals surface area (Å²) in [6.07, 6.45) is 8.64. The molecule has 1 heterocycles. The summed E-state index contributed by atoms with van der Waals surface area (Å²) in [5.74, 6) is 3.89. The molecular weight excluding hydrogens is 270 g/mol. The summed E-state index contributed by atoms with van der Waals surface area (Å²) in [5.41, 5.74) is 1.44. The highest BCUT2D eigenvalue weighted by Gasteiger charge is 2.42. The van der Waals surface area contributed by atoms with Crippen LogP contribution in [0.1, 0.15) is 56.9 Å². The number of hydrogen-bond donors (Lipinski definition) is 0. The first-order valence-electron chi connectivity index (χ1n) is 9.31. The lowest BCUT2D eigenvalue weighted by Crippen LogP contribution is -2.43. The van der Waals surface area contributed by atoms with Gasteiger partial charge >= 0.3 is 0 Å². The highest BCUT2D eigenvalue weighted by atomic mass is 16.5. The zero-order valence-electron chi connectivity index (χ0n) is 13.8. The number of benzene rings is 1. The summed E-state index contributed by atoms with van der Waals surface area (Å²) < 4.78 is 5.84. The summed E-state index contributed by atoms with van der Waals surface area (Å²) in [6.45, 7) is 5.42. The lowest BCUT2D eigenvalue weighted by Gasteiger charge is -2.40. The molecule has 0 spiro atoms. The maximum atomic E-state index is 5.84. The second kappa shape index (κ2) is 6.23. The van der Waals surface area contributed by atoms with Crippen LogP contribution in [0.25, 0.3) is 0 Å². The fourth-order valence-corrected chi connectivity index (χ4v) is 5.31. The molecule has 1 aromatic rings. The van der Waals surface area contributed by atoms with E-state index in [0.717, 1.165) is 30.2 Å². The number of rotatable bonds is 4. The van der Waals surface area contributed by atoms with Gasteiger partial charge in [-0.2, -0.15) is 0 Å². The van der Waals surface area contributed by atoms with E-state index in [0.29, 0.717) is 5.92 Å². The van der Waals surface area contributed by atoms with Gasteiger partial charge in [0.15, 0.2) is 0 Å². The number of likely N-dealkylation sites (tertiary alicyclic amines) is 1. The summed E-state index contributed by atoms with van der Waals surface area (Å²) >= 11 is 0. The van der Waals surface area contributed by atoms with Crippen LogP contribution < -0.4 is 4.74 Å². The van der Waals surface area contributed by atoms with E-state index in [1.807, 2.05) is 0 Å². The third-order valence-corrected chi connectivity index (χ3v) is 6.36. The summed E-state index contributed by atoms with van der Waals surface area (Å²) in [5, 5.41) is 0. The van der Waals surface area contributed by atoms with Crippen molar-refractivity contribution in [3.8, 4) is 5.75 Å². The fourth-order valence-electron chi connectivity index (χ4n) is 5.31. The van der Waals surface area contributed by atoms with Gasteiger partial charge in [0.05, 0.1) is 6.61 Å². The predicted octanol–water partition coefficient (Wildman–Crippen LogP) is 4.45. The normalized spacial score (nSPS) is 32.5. The summed E-state index contributed by atoms with van der Waals surface area (Å²) in [4.78, 5) is 2.82. The predicted molar refractivity (Wildman–Crippen MR) is 90.4 cm³/mol. The Hall–Kier alpha value is -1.02. The Morgan fingerprint density at radius 3 is 2.55 bits per heavy atom. The fraction of sp³-hybridized carbons (Fsp3) is 0.700. The molecule has 2 aliphatic carbocycles. The van der Waals surface area contributed by atoms with E-state index in [9.17, 15) is 0 Å². The van der Waals surface area contributed by atoms with Gasteiger partial charge in [-0.05, 0) is 81.5 Å². The lowest BCUT2D eigenvalue weighted by atomic mass is 9.86. The zero-order chi connectivity index (χ0) is 14.9. The molecule has 4 rings (SSSR count). The Kier molecular flexibility index (Phi) is 4.13. The molecule has 3 fully saturated rings. The first kappa shape index (κ1) is 14.6. The lowest BCUT2D eigenvalue weighted by molar-refractivity contribution is 0.110. The molecule has 1 saturated heterocycles. The molecule has 1 aliphatic heterocycles. The minimum atomic E-state index is 0.692. The average Bonchev–Trinajstić information content (AvgIpc) is 3.19. The van der Waals surface area contributed by atoms with Gasteiger partial charge in [0.25, 0.3) is 0 Å². The molecule has 22 heavy (non-hydrogen) atoms. The van der Waals surface area contributed by atoms with Gasteiger partial charge in [0.2, 0.25) is 0 Å². The molecule has 2 bridgehead atoms. The third kappa shape index (κ3) is 2.67. The van der Waals surface area contributed by atoms with Crippen LogP contribution >= 0.6 is 0 Å². The monoisotopic (exact) mass is 299 g/mol. The Labute approximate surface area is 134 Å². The van der Waals surface area contributed by atoms with Crippen molar-refractivity contribution in [2.24, 2.45) is 11.8 Å². The quantitative estimate of drug-likeness (QED) is 0.814.